The molecule has 0 atom stereocenters. The summed E-state index contributed by atoms with van der Waals surface area (Å²) >= 11 is 0. The van der Waals surface area contributed by atoms with Crippen LogP contribution in [0.3, 0.4) is 0 Å². The SMILES string of the molecule is Cc1ccc(-n2ncc3c(NNC(=O)Cc4cccc5ccccc45)ncnc32)cc1C. The Morgan fingerprint density at radius 2 is 1.78 bits per heavy atom. The maximum Gasteiger partial charge on any atom is 0.242 e. The minimum atomic E-state index is -0.158. The fourth-order valence-corrected chi connectivity index (χ4v) is 3.78. The summed E-state index contributed by atoms with van der Waals surface area (Å²) in [5.74, 6) is 0.339. The van der Waals surface area contributed by atoms with E-state index in [1.165, 1.54) is 17.5 Å². The molecule has 2 heterocycles. The number of benzene rings is 3. The van der Waals surface area contributed by atoms with Crippen molar-refractivity contribution in [3.63, 3.8) is 0 Å². The molecule has 2 aromatic heterocycles. The van der Waals surface area contributed by atoms with E-state index in [1.54, 1.807) is 10.9 Å². The Balaban J connectivity index is 1.36. The predicted molar refractivity (Wildman–Crippen MR) is 126 cm³/mol. The largest absolute Gasteiger partial charge is 0.281 e. The van der Waals surface area contributed by atoms with Crippen LogP contribution in [0.4, 0.5) is 5.82 Å². The van der Waals surface area contributed by atoms with Crippen molar-refractivity contribution in [3.05, 3.63) is 89.9 Å². The molecule has 0 unspecified atom stereocenters. The highest BCUT2D eigenvalue weighted by atomic mass is 16.2. The summed E-state index contributed by atoms with van der Waals surface area (Å²) < 4.78 is 1.77. The number of anilines is 1. The molecule has 32 heavy (non-hydrogen) atoms. The third-order valence-electron chi connectivity index (χ3n) is 5.65. The van der Waals surface area contributed by atoms with Crippen LogP contribution < -0.4 is 10.9 Å². The lowest BCUT2D eigenvalue weighted by Gasteiger charge is -2.10. The van der Waals surface area contributed by atoms with E-state index in [0.29, 0.717) is 11.5 Å². The maximum atomic E-state index is 12.6. The van der Waals surface area contributed by atoms with Gasteiger partial charge in [0.05, 0.1) is 23.7 Å². The van der Waals surface area contributed by atoms with Gasteiger partial charge in [-0.1, -0.05) is 48.5 Å². The molecular weight excluding hydrogens is 400 g/mol. The molecule has 7 nitrogen and oxygen atoms in total. The molecule has 0 saturated carbocycles. The zero-order valence-electron chi connectivity index (χ0n) is 17.8. The molecule has 0 aliphatic carbocycles. The monoisotopic (exact) mass is 422 g/mol. The van der Waals surface area contributed by atoms with Crippen LogP contribution in [0, 0.1) is 13.8 Å². The van der Waals surface area contributed by atoms with Crippen LogP contribution in [0.1, 0.15) is 16.7 Å². The first-order valence-electron chi connectivity index (χ1n) is 10.4. The minimum absolute atomic E-state index is 0.158. The van der Waals surface area contributed by atoms with E-state index in [1.807, 2.05) is 48.5 Å². The lowest BCUT2D eigenvalue weighted by molar-refractivity contribution is -0.119. The summed E-state index contributed by atoms with van der Waals surface area (Å²) in [6, 6.07) is 20.2. The van der Waals surface area contributed by atoms with Crippen molar-refractivity contribution in [2.75, 3.05) is 5.43 Å². The number of aryl methyl sites for hydroxylation is 2. The zero-order valence-corrected chi connectivity index (χ0v) is 17.8. The molecule has 0 spiro atoms. The van der Waals surface area contributed by atoms with Crippen molar-refractivity contribution in [3.8, 4) is 5.69 Å². The molecule has 2 N–H and O–H groups in total. The number of hydrogen-bond donors (Lipinski definition) is 2. The van der Waals surface area contributed by atoms with Crippen molar-refractivity contribution in [1.29, 1.82) is 0 Å². The Morgan fingerprint density at radius 3 is 2.66 bits per heavy atom. The van der Waals surface area contributed by atoms with Gasteiger partial charge < -0.3 is 0 Å². The van der Waals surface area contributed by atoms with Crippen molar-refractivity contribution in [2.45, 2.75) is 20.3 Å². The lowest BCUT2D eigenvalue weighted by Crippen LogP contribution is -2.31. The normalized spacial score (nSPS) is 11.1. The van der Waals surface area contributed by atoms with Gasteiger partial charge in [0.15, 0.2) is 11.5 Å². The fourth-order valence-electron chi connectivity index (χ4n) is 3.78. The van der Waals surface area contributed by atoms with Crippen LogP contribution in [0.2, 0.25) is 0 Å². The van der Waals surface area contributed by atoms with E-state index in [2.05, 4.69) is 51.9 Å². The average molecular weight is 422 g/mol. The van der Waals surface area contributed by atoms with Crippen molar-refractivity contribution >= 4 is 33.5 Å². The second-order valence-electron chi connectivity index (χ2n) is 7.77. The molecular formula is C25H22N6O. The van der Waals surface area contributed by atoms with Gasteiger partial charge in [-0.15, -0.1) is 0 Å². The van der Waals surface area contributed by atoms with E-state index >= 15 is 0 Å². The molecule has 5 rings (SSSR count). The van der Waals surface area contributed by atoms with Gasteiger partial charge in [0.1, 0.15) is 6.33 Å². The molecule has 7 heteroatoms. The van der Waals surface area contributed by atoms with Gasteiger partial charge in [-0.05, 0) is 53.4 Å². The summed E-state index contributed by atoms with van der Waals surface area (Å²) in [4.78, 5) is 21.3. The van der Waals surface area contributed by atoms with Crippen molar-refractivity contribution in [2.24, 2.45) is 0 Å². The highest BCUT2D eigenvalue weighted by molar-refractivity contribution is 5.92. The third kappa shape index (κ3) is 3.65. The van der Waals surface area contributed by atoms with E-state index in [-0.39, 0.29) is 12.3 Å². The predicted octanol–water partition coefficient (Wildman–Crippen LogP) is 4.27. The van der Waals surface area contributed by atoms with Gasteiger partial charge >= 0.3 is 0 Å². The molecule has 0 saturated heterocycles. The van der Waals surface area contributed by atoms with Gasteiger partial charge in [-0.3, -0.25) is 15.6 Å². The lowest BCUT2D eigenvalue weighted by atomic mass is 10.0. The van der Waals surface area contributed by atoms with E-state index in [4.69, 9.17) is 0 Å². The molecule has 158 valence electrons. The molecule has 3 aromatic carbocycles. The third-order valence-corrected chi connectivity index (χ3v) is 5.65. The van der Waals surface area contributed by atoms with Crippen LogP contribution in [0.15, 0.2) is 73.2 Å². The number of nitrogens with zero attached hydrogens (tertiary/aromatic N) is 4. The number of hydrogen-bond acceptors (Lipinski definition) is 5. The number of amides is 1. The first-order chi connectivity index (χ1) is 15.6. The maximum absolute atomic E-state index is 12.6. The number of carbonyl (C=O) groups is 1. The smallest absolute Gasteiger partial charge is 0.242 e. The van der Waals surface area contributed by atoms with E-state index < -0.39 is 0 Å². The summed E-state index contributed by atoms with van der Waals surface area (Å²) in [5, 5.41) is 7.39. The van der Waals surface area contributed by atoms with Gasteiger partial charge in [-0.25, -0.2) is 14.6 Å². The second kappa shape index (κ2) is 8.11. The molecule has 5 aromatic rings. The molecule has 0 aliphatic heterocycles. The van der Waals surface area contributed by atoms with Gasteiger partial charge in [0.25, 0.3) is 0 Å². The van der Waals surface area contributed by atoms with Gasteiger partial charge in [-0.2, -0.15) is 5.10 Å². The number of rotatable bonds is 5. The quantitative estimate of drug-likeness (QED) is 0.413. The van der Waals surface area contributed by atoms with Crippen LogP contribution in [-0.4, -0.2) is 25.7 Å². The van der Waals surface area contributed by atoms with Crippen LogP contribution >= 0.6 is 0 Å². The molecule has 0 bridgehead atoms. The Bertz CT molecular complexity index is 1450. The van der Waals surface area contributed by atoms with E-state index in [9.17, 15) is 4.79 Å². The Morgan fingerprint density at radius 1 is 0.938 bits per heavy atom. The Kier molecular flexibility index (Phi) is 4.99. The highest BCUT2D eigenvalue weighted by Crippen LogP contribution is 2.23. The van der Waals surface area contributed by atoms with Crippen LogP contribution in [-0.2, 0) is 11.2 Å². The van der Waals surface area contributed by atoms with Crippen molar-refractivity contribution in [1.82, 2.24) is 25.2 Å². The Labute approximate surface area is 185 Å². The van der Waals surface area contributed by atoms with Crippen molar-refractivity contribution < 1.29 is 4.79 Å². The standard InChI is InChI=1S/C25H22N6O/c1-16-10-11-20(12-17(16)2)31-25-22(14-28-31)24(26-15-27-25)30-29-23(32)13-19-8-5-7-18-6-3-4-9-21(18)19/h3-12,14-15H,13H2,1-2H3,(H,29,32)(H,26,27,30). The molecule has 0 fully saturated rings. The first kappa shape index (κ1) is 19.7. The second-order valence-corrected chi connectivity index (χ2v) is 7.77. The number of nitrogens with one attached hydrogen (secondary N) is 2. The number of fused-ring (bicyclic) bond motifs is 2. The number of aromatic nitrogens is 4. The Hall–Kier alpha value is -4.26. The summed E-state index contributed by atoms with van der Waals surface area (Å²) in [6.07, 6.45) is 3.41. The summed E-state index contributed by atoms with van der Waals surface area (Å²) in [7, 11) is 0. The molecule has 1 amide bonds. The van der Waals surface area contributed by atoms with Crippen LogP contribution in [0.5, 0.6) is 0 Å². The fraction of sp³-hybridized carbons (Fsp3) is 0.120. The number of hydrazine groups is 1. The van der Waals surface area contributed by atoms with E-state index in [0.717, 1.165) is 27.4 Å². The van der Waals surface area contributed by atoms with Crippen LogP contribution in [0.25, 0.3) is 27.5 Å². The zero-order chi connectivity index (χ0) is 22.1. The highest BCUT2D eigenvalue weighted by Gasteiger charge is 2.13. The first-order valence-corrected chi connectivity index (χ1v) is 10.4. The average Bonchev–Trinajstić information content (AvgIpc) is 3.25. The van der Waals surface area contributed by atoms with Gasteiger partial charge in [0, 0.05) is 0 Å². The van der Waals surface area contributed by atoms with Gasteiger partial charge in [0.2, 0.25) is 5.91 Å². The number of carbonyl (C=O) groups excluding carboxylic acids is 1. The molecule has 0 radical (unpaired) electrons. The molecule has 0 aliphatic rings. The topological polar surface area (TPSA) is 84.7 Å². The minimum Gasteiger partial charge on any atom is -0.281 e. The summed E-state index contributed by atoms with van der Waals surface area (Å²) in [5.41, 5.74) is 10.6. The summed E-state index contributed by atoms with van der Waals surface area (Å²) in [6.45, 7) is 4.14.